The predicted octanol–water partition coefficient (Wildman–Crippen LogP) is 4.79. The number of hydrogen-bond donors (Lipinski definition) is 1. The van der Waals surface area contributed by atoms with Gasteiger partial charge in [0.05, 0.1) is 17.2 Å². The molecule has 0 aromatic heterocycles. The van der Waals surface area contributed by atoms with Crippen LogP contribution in [0.15, 0.2) is 88.2 Å². The highest BCUT2D eigenvalue weighted by molar-refractivity contribution is 9.10. The van der Waals surface area contributed by atoms with Gasteiger partial charge in [0.2, 0.25) is 5.91 Å². The van der Waals surface area contributed by atoms with Crippen LogP contribution < -0.4 is 14.4 Å². The molecular formula is C25H27BrN2O4S. The van der Waals surface area contributed by atoms with E-state index in [0.29, 0.717) is 18.8 Å². The minimum absolute atomic E-state index is 0.133. The molecule has 3 rings (SSSR count). The number of benzene rings is 3. The first-order chi connectivity index (χ1) is 15.9. The number of aryl methyl sites for hydroxylation is 1. The average Bonchev–Trinajstić information content (AvgIpc) is 2.82. The summed E-state index contributed by atoms with van der Waals surface area (Å²) in [6.07, 6.45) is 1.53. The number of carbonyl (C=O) groups is 1. The third kappa shape index (κ3) is 7.07. The molecule has 174 valence electrons. The molecule has 0 aliphatic heterocycles. The molecule has 0 fully saturated rings. The summed E-state index contributed by atoms with van der Waals surface area (Å²) in [5, 5.41) is 2.84. The van der Waals surface area contributed by atoms with E-state index in [1.54, 1.807) is 42.5 Å². The Balaban J connectivity index is 1.63. The van der Waals surface area contributed by atoms with E-state index in [9.17, 15) is 13.2 Å². The van der Waals surface area contributed by atoms with Crippen molar-refractivity contribution >= 4 is 37.5 Å². The SMILES string of the molecule is CCOc1ccc(CCCNC(=O)CN(c2cccc(Br)c2)S(=O)(=O)c2ccccc2)cc1. The Morgan fingerprint density at radius 3 is 2.39 bits per heavy atom. The van der Waals surface area contributed by atoms with Crippen molar-refractivity contribution in [3.05, 3.63) is 88.9 Å². The highest BCUT2D eigenvalue weighted by atomic mass is 79.9. The average molecular weight is 531 g/mol. The van der Waals surface area contributed by atoms with Gasteiger partial charge in [0.15, 0.2) is 0 Å². The number of nitrogens with zero attached hydrogens (tertiary/aromatic N) is 1. The monoisotopic (exact) mass is 530 g/mol. The number of ether oxygens (including phenoxy) is 1. The van der Waals surface area contributed by atoms with E-state index in [-0.39, 0.29) is 17.3 Å². The molecule has 0 saturated heterocycles. The molecule has 3 aromatic carbocycles. The maximum Gasteiger partial charge on any atom is 0.264 e. The highest BCUT2D eigenvalue weighted by Crippen LogP contribution is 2.26. The van der Waals surface area contributed by atoms with Crippen LogP contribution in [0.25, 0.3) is 0 Å². The van der Waals surface area contributed by atoms with Crippen LogP contribution in [0.2, 0.25) is 0 Å². The molecular weight excluding hydrogens is 504 g/mol. The summed E-state index contributed by atoms with van der Waals surface area (Å²) in [6, 6.07) is 22.9. The highest BCUT2D eigenvalue weighted by Gasteiger charge is 2.27. The van der Waals surface area contributed by atoms with Crippen LogP contribution in [0, 0.1) is 0 Å². The van der Waals surface area contributed by atoms with Gasteiger partial charge in [-0.1, -0.05) is 52.3 Å². The van der Waals surface area contributed by atoms with Crippen LogP contribution >= 0.6 is 15.9 Å². The number of amides is 1. The summed E-state index contributed by atoms with van der Waals surface area (Å²) in [5.74, 6) is 0.475. The first-order valence-corrected chi connectivity index (χ1v) is 13.0. The molecule has 0 aliphatic rings. The molecule has 33 heavy (non-hydrogen) atoms. The van der Waals surface area contributed by atoms with E-state index in [1.807, 2.05) is 31.2 Å². The van der Waals surface area contributed by atoms with Crippen molar-refractivity contribution in [1.29, 1.82) is 0 Å². The molecule has 0 radical (unpaired) electrons. The number of anilines is 1. The van der Waals surface area contributed by atoms with E-state index in [2.05, 4.69) is 21.2 Å². The van der Waals surface area contributed by atoms with Crippen LogP contribution in [-0.4, -0.2) is 34.0 Å². The molecule has 6 nitrogen and oxygen atoms in total. The minimum Gasteiger partial charge on any atom is -0.494 e. The molecule has 3 aromatic rings. The normalized spacial score (nSPS) is 11.1. The van der Waals surface area contributed by atoms with Crippen molar-refractivity contribution in [2.45, 2.75) is 24.7 Å². The van der Waals surface area contributed by atoms with Gasteiger partial charge in [-0.2, -0.15) is 0 Å². The van der Waals surface area contributed by atoms with Gasteiger partial charge in [0.25, 0.3) is 10.0 Å². The zero-order valence-electron chi connectivity index (χ0n) is 18.4. The minimum atomic E-state index is -3.91. The smallest absolute Gasteiger partial charge is 0.264 e. The third-order valence-corrected chi connectivity index (χ3v) is 7.19. The van der Waals surface area contributed by atoms with Gasteiger partial charge in [-0.15, -0.1) is 0 Å². The van der Waals surface area contributed by atoms with Crippen molar-refractivity contribution in [1.82, 2.24) is 5.32 Å². The maximum absolute atomic E-state index is 13.3. The molecule has 8 heteroatoms. The van der Waals surface area contributed by atoms with Crippen molar-refractivity contribution in [2.24, 2.45) is 0 Å². The van der Waals surface area contributed by atoms with Gasteiger partial charge in [-0.05, 0) is 67.8 Å². The zero-order valence-corrected chi connectivity index (χ0v) is 20.8. The lowest BCUT2D eigenvalue weighted by molar-refractivity contribution is -0.119. The molecule has 0 unspecified atom stereocenters. The van der Waals surface area contributed by atoms with E-state index < -0.39 is 10.0 Å². The van der Waals surface area contributed by atoms with Crippen molar-refractivity contribution in [3.63, 3.8) is 0 Å². The number of hydrogen-bond acceptors (Lipinski definition) is 4. The maximum atomic E-state index is 13.3. The standard InChI is InChI=1S/C25H27BrN2O4S/c1-2-32-23-15-13-20(14-16-23)8-7-17-27-25(29)19-28(22-10-6-9-21(26)18-22)33(30,31)24-11-4-3-5-12-24/h3-6,9-16,18H,2,7-8,17,19H2,1H3,(H,27,29). The number of sulfonamides is 1. The third-order valence-electron chi connectivity index (χ3n) is 4.91. The Morgan fingerprint density at radius 1 is 1.00 bits per heavy atom. The summed E-state index contributed by atoms with van der Waals surface area (Å²) in [6.45, 7) is 2.71. The number of halogens is 1. The van der Waals surface area contributed by atoms with Gasteiger partial charge in [-0.3, -0.25) is 9.10 Å². The van der Waals surface area contributed by atoms with Crippen LogP contribution in [0.4, 0.5) is 5.69 Å². The quantitative estimate of drug-likeness (QED) is 0.361. The van der Waals surface area contributed by atoms with Crippen LogP contribution in [0.5, 0.6) is 5.75 Å². The fraction of sp³-hybridized carbons (Fsp3) is 0.240. The molecule has 0 heterocycles. The first kappa shape index (κ1) is 24.8. The molecule has 0 spiro atoms. The van der Waals surface area contributed by atoms with Crippen molar-refractivity contribution < 1.29 is 17.9 Å². The second-order valence-corrected chi connectivity index (χ2v) is 10.1. The van der Waals surface area contributed by atoms with Crippen LogP contribution in [0.3, 0.4) is 0 Å². The van der Waals surface area contributed by atoms with Gasteiger partial charge < -0.3 is 10.1 Å². The second kappa shape index (κ2) is 11.9. The summed E-state index contributed by atoms with van der Waals surface area (Å²) >= 11 is 3.38. The Kier molecular flexibility index (Phi) is 8.91. The van der Waals surface area contributed by atoms with Gasteiger partial charge >= 0.3 is 0 Å². The lowest BCUT2D eigenvalue weighted by atomic mass is 10.1. The summed E-state index contributed by atoms with van der Waals surface area (Å²) in [4.78, 5) is 12.8. The number of nitrogens with one attached hydrogen (secondary N) is 1. The van der Waals surface area contributed by atoms with Gasteiger partial charge in [-0.25, -0.2) is 8.42 Å². The lowest BCUT2D eigenvalue weighted by Gasteiger charge is -2.24. The van der Waals surface area contributed by atoms with Crippen LogP contribution in [0.1, 0.15) is 18.9 Å². The zero-order chi connectivity index (χ0) is 23.7. The summed E-state index contributed by atoms with van der Waals surface area (Å²) in [5.41, 5.74) is 1.56. The largest absolute Gasteiger partial charge is 0.494 e. The second-order valence-electron chi connectivity index (χ2n) is 7.34. The van der Waals surface area contributed by atoms with E-state index in [4.69, 9.17) is 4.74 Å². The number of carbonyl (C=O) groups excluding carboxylic acids is 1. The van der Waals surface area contributed by atoms with Gasteiger partial charge in [0.1, 0.15) is 12.3 Å². The Morgan fingerprint density at radius 2 is 1.73 bits per heavy atom. The van der Waals surface area contributed by atoms with Crippen LogP contribution in [-0.2, 0) is 21.2 Å². The van der Waals surface area contributed by atoms with E-state index >= 15 is 0 Å². The first-order valence-electron chi connectivity index (χ1n) is 10.7. The molecule has 1 amide bonds. The van der Waals surface area contributed by atoms with E-state index in [1.165, 1.54) is 12.1 Å². The van der Waals surface area contributed by atoms with E-state index in [0.717, 1.165) is 32.9 Å². The Labute approximate surface area is 203 Å². The molecule has 1 N–H and O–H groups in total. The summed E-state index contributed by atoms with van der Waals surface area (Å²) in [7, 11) is -3.91. The number of rotatable bonds is 11. The van der Waals surface area contributed by atoms with Crippen molar-refractivity contribution in [3.8, 4) is 5.75 Å². The van der Waals surface area contributed by atoms with Gasteiger partial charge in [0, 0.05) is 11.0 Å². The lowest BCUT2D eigenvalue weighted by Crippen LogP contribution is -2.41. The fourth-order valence-electron chi connectivity index (χ4n) is 3.29. The topological polar surface area (TPSA) is 75.7 Å². The fourth-order valence-corrected chi connectivity index (χ4v) is 5.11. The predicted molar refractivity (Wildman–Crippen MR) is 134 cm³/mol. The molecule has 0 aliphatic carbocycles. The Hall–Kier alpha value is -2.84. The molecule has 0 bridgehead atoms. The Bertz CT molecular complexity index is 1150. The molecule has 0 saturated carbocycles. The molecule has 0 atom stereocenters. The summed E-state index contributed by atoms with van der Waals surface area (Å²) < 4.78 is 33.9. The van der Waals surface area contributed by atoms with Crippen molar-refractivity contribution in [2.75, 3.05) is 24.0 Å².